The van der Waals surface area contributed by atoms with Gasteiger partial charge in [0.05, 0.1) is 6.61 Å². The number of allylic oxidation sites excluding steroid dienone is 1. The summed E-state index contributed by atoms with van der Waals surface area (Å²) in [5.74, 6) is -0.188. The summed E-state index contributed by atoms with van der Waals surface area (Å²) in [5, 5.41) is 14.5. The van der Waals surface area contributed by atoms with Crippen molar-refractivity contribution in [3.8, 4) is 0 Å². The molecule has 0 bridgehead atoms. The van der Waals surface area contributed by atoms with E-state index < -0.39 is 53.0 Å². The zero-order valence-electron chi connectivity index (χ0n) is 32.5. The van der Waals surface area contributed by atoms with Crippen molar-refractivity contribution >= 4 is 40.9 Å². The van der Waals surface area contributed by atoms with Gasteiger partial charge in [-0.05, 0) is 80.4 Å². The van der Waals surface area contributed by atoms with Crippen LogP contribution in [0.5, 0.6) is 0 Å². The van der Waals surface area contributed by atoms with Crippen LogP contribution in [0, 0.1) is 5.92 Å². The number of carbonyl (C=O) groups excluding carboxylic acids is 4. The third kappa shape index (κ3) is 16.7. The highest BCUT2D eigenvalue weighted by molar-refractivity contribution is 7.83. The summed E-state index contributed by atoms with van der Waals surface area (Å²) >= 11 is 0. The highest BCUT2D eigenvalue weighted by Gasteiger charge is 2.36. The van der Waals surface area contributed by atoms with Gasteiger partial charge in [0.15, 0.2) is 0 Å². The van der Waals surface area contributed by atoms with Crippen LogP contribution in [0.3, 0.4) is 0 Å². The van der Waals surface area contributed by atoms with E-state index in [0.29, 0.717) is 44.6 Å². The number of hydrogen-bond acceptors (Lipinski definition) is 7. The van der Waals surface area contributed by atoms with Crippen LogP contribution >= 0.6 is 0 Å². The molecular formula is C39H63N5O8S. The molecule has 0 spiro atoms. The first-order valence-corrected chi connectivity index (χ1v) is 20.7. The zero-order chi connectivity index (χ0) is 39.2. The SMILES string of the molecule is CC.CC(C)C.O=C(NCC(=O)N1CCCC1C(=O)NC1C/C=C\CCCCCS(=O)NC1=O)OCCCCCCc1cccc2c1CN(C(=O)O)C2. The maximum atomic E-state index is 13.2. The number of rotatable bonds is 11. The number of fused-ring (bicyclic) bond motifs is 1. The fourth-order valence-corrected chi connectivity index (χ4v) is 7.13. The van der Waals surface area contributed by atoms with E-state index in [4.69, 9.17) is 4.74 Å². The maximum Gasteiger partial charge on any atom is 0.407 e. The Labute approximate surface area is 318 Å². The van der Waals surface area contributed by atoms with Gasteiger partial charge in [0.25, 0.3) is 5.91 Å². The van der Waals surface area contributed by atoms with Gasteiger partial charge in [-0.25, -0.2) is 13.8 Å². The number of hydrogen-bond donors (Lipinski definition) is 4. The van der Waals surface area contributed by atoms with Gasteiger partial charge in [0.2, 0.25) is 11.8 Å². The van der Waals surface area contributed by atoms with Gasteiger partial charge in [0.1, 0.15) is 29.6 Å². The molecule has 4 rings (SSSR count). The van der Waals surface area contributed by atoms with Crippen LogP contribution in [0.25, 0.3) is 0 Å². The molecule has 3 heterocycles. The molecule has 3 aliphatic rings. The number of unbranched alkanes of at least 4 members (excludes halogenated alkanes) is 3. The van der Waals surface area contributed by atoms with E-state index in [-0.39, 0.29) is 19.6 Å². The van der Waals surface area contributed by atoms with E-state index in [1.165, 1.54) is 15.4 Å². The third-order valence-corrected chi connectivity index (χ3v) is 9.86. The van der Waals surface area contributed by atoms with Gasteiger partial charge in [-0.3, -0.25) is 24.0 Å². The summed E-state index contributed by atoms with van der Waals surface area (Å²) in [7, 11) is -1.51. The van der Waals surface area contributed by atoms with Crippen molar-refractivity contribution in [1.82, 2.24) is 25.2 Å². The molecule has 14 heteroatoms. The number of benzene rings is 1. The van der Waals surface area contributed by atoms with E-state index >= 15 is 0 Å². The van der Waals surface area contributed by atoms with E-state index in [9.17, 15) is 33.3 Å². The van der Waals surface area contributed by atoms with E-state index in [0.717, 1.165) is 68.4 Å². The van der Waals surface area contributed by atoms with Crippen LogP contribution < -0.4 is 15.4 Å². The second kappa shape index (κ2) is 25.1. The molecular weight excluding hydrogens is 699 g/mol. The number of amides is 5. The highest BCUT2D eigenvalue weighted by Crippen LogP contribution is 2.27. The van der Waals surface area contributed by atoms with Gasteiger partial charge < -0.3 is 25.4 Å². The standard InChI is InChI=1S/C33H47N5O8S.C4H10.C2H6/c39-29(38-18-12-17-28(38)31(41)35-27-16-8-3-1-2-6-10-20-47(45)36-30(27)40)21-34-32(42)46-19-9-5-4-7-13-24-14-11-15-25-22-37(33(43)44)23-26(24)25;1-4(2)3;1-2/h3,8,11,14-15,27-28H,1-2,4-7,9-10,12-13,16-23H2,(H,34,42)(H,35,41)(H,36,40)(H,43,44);4H,1-3H3;1-2H3/b8-3-;;. The average Bonchev–Trinajstić information content (AvgIpc) is 3.80. The van der Waals surface area contributed by atoms with E-state index in [2.05, 4.69) is 42.2 Å². The number of aryl methyl sites for hydroxylation is 1. The lowest BCUT2D eigenvalue weighted by Gasteiger charge is -2.26. The lowest BCUT2D eigenvalue weighted by Crippen LogP contribution is -2.54. The Kier molecular flexibility index (Phi) is 21.5. The second-order valence-corrected chi connectivity index (χ2v) is 15.3. The monoisotopic (exact) mass is 761 g/mol. The first kappa shape index (κ1) is 45.2. The average molecular weight is 762 g/mol. The molecule has 3 atom stereocenters. The molecule has 0 aromatic heterocycles. The van der Waals surface area contributed by atoms with Gasteiger partial charge in [-0.2, -0.15) is 0 Å². The van der Waals surface area contributed by atoms with Crippen LogP contribution in [0.1, 0.15) is 122 Å². The minimum Gasteiger partial charge on any atom is -0.465 e. The van der Waals surface area contributed by atoms with Crippen molar-refractivity contribution in [3.05, 3.63) is 47.0 Å². The first-order chi connectivity index (χ1) is 25.5. The van der Waals surface area contributed by atoms with Gasteiger partial charge in [0, 0.05) is 25.4 Å². The summed E-state index contributed by atoms with van der Waals surface area (Å²) in [5.41, 5.74) is 3.36. The predicted octanol–water partition coefficient (Wildman–Crippen LogP) is 5.97. The molecule has 0 radical (unpaired) electrons. The van der Waals surface area contributed by atoms with Crippen molar-refractivity contribution in [2.24, 2.45) is 5.92 Å². The highest BCUT2D eigenvalue weighted by atomic mass is 32.2. The minimum atomic E-state index is -1.51. The van der Waals surface area contributed by atoms with E-state index in [1.807, 2.05) is 38.1 Å². The predicted molar refractivity (Wildman–Crippen MR) is 207 cm³/mol. The Morgan fingerprint density at radius 1 is 1.00 bits per heavy atom. The molecule has 3 aliphatic heterocycles. The normalized spacial score (nSPS) is 20.6. The number of nitrogens with zero attached hydrogens (tertiary/aromatic N) is 2. The lowest BCUT2D eigenvalue weighted by atomic mass is 9.98. The Morgan fingerprint density at radius 3 is 2.47 bits per heavy atom. The maximum absolute atomic E-state index is 13.2. The van der Waals surface area contributed by atoms with Crippen molar-refractivity contribution in [2.75, 3.05) is 25.4 Å². The quantitative estimate of drug-likeness (QED) is 0.158. The van der Waals surface area contributed by atoms with Crippen LogP contribution in [0.2, 0.25) is 0 Å². The Bertz CT molecular complexity index is 1380. The Morgan fingerprint density at radius 2 is 1.74 bits per heavy atom. The molecule has 1 aromatic rings. The van der Waals surface area contributed by atoms with E-state index in [1.54, 1.807) is 0 Å². The summed E-state index contributed by atoms with van der Waals surface area (Å²) in [6.45, 7) is 11.6. The van der Waals surface area contributed by atoms with Crippen molar-refractivity contribution in [1.29, 1.82) is 0 Å². The van der Waals surface area contributed by atoms with Crippen LogP contribution in [0.4, 0.5) is 9.59 Å². The fraction of sp³-hybridized carbons (Fsp3) is 0.667. The van der Waals surface area contributed by atoms with Crippen LogP contribution in [0.15, 0.2) is 30.4 Å². The summed E-state index contributed by atoms with van der Waals surface area (Å²) in [6, 6.07) is 4.33. The molecule has 1 aromatic carbocycles. The topological polar surface area (TPSA) is 174 Å². The molecule has 4 N–H and O–H groups in total. The Hall–Kier alpha value is -3.94. The molecule has 3 unspecified atom stereocenters. The van der Waals surface area contributed by atoms with Gasteiger partial charge in [-0.15, -0.1) is 0 Å². The summed E-state index contributed by atoms with van der Waals surface area (Å²) in [4.78, 5) is 65.2. The molecule has 5 amide bonds. The molecule has 0 aliphatic carbocycles. The molecule has 13 nitrogen and oxygen atoms in total. The van der Waals surface area contributed by atoms with Crippen molar-refractivity contribution in [2.45, 2.75) is 137 Å². The third-order valence-electron chi connectivity index (χ3n) is 8.77. The van der Waals surface area contributed by atoms with Crippen molar-refractivity contribution < 1.29 is 38.0 Å². The number of nitrogens with one attached hydrogen (secondary N) is 3. The van der Waals surface area contributed by atoms with Gasteiger partial charge >= 0.3 is 12.2 Å². The lowest BCUT2D eigenvalue weighted by molar-refractivity contribution is -0.138. The molecule has 1 saturated heterocycles. The summed E-state index contributed by atoms with van der Waals surface area (Å²) in [6.07, 6.45) is 11.3. The molecule has 53 heavy (non-hydrogen) atoms. The first-order valence-electron chi connectivity index (χ1n) is 19.4. The number of carboxylic acid groups (broad SMARTS) is 1. The van der Waals surface area contributed by atoms with Crippen LogP contribution in [-0.4, -0.2) is 86.6 Å². The number of ether oxygens (including phenoxy) is 1. The van der Waals surface area contributed by atoms with Crippen LogP contribution in [-0.2, 0) is 49.6 Å². The summed E-state index contributed by atoms with van der Waals surface area (Å²) < 4.78 is 19.9. The zero-order valence-corrected chi connectivity index (χ0v) is 33.3. The largest absolute Gasteiger partial charge is 0.465 e. The Balaban J connectivity index is 0.00000151. The number of carbonyl (C=O) groups is 5. The number of alkyl carbamates (subject to hydrolysis) is 1. The smallest absolute Gasteiger partial charge is 0.407 e. The minimum absolute atomic E-state index is 0.214. The molecule has 298 valence electrons. The van der Waals surface area contributed by atoms with Gasteiger partial charge in [-0.1, -0.05) is 84.2 Å². The number of likely N-dealkylation sites (tertiary alicyclic amines) is 1. The molecule has 1 fully saturated rings. The fourth-order valence-electron chi connectivity index (χ4n) is 6.19. The second-order valence-electron chi connectivity index (χ2n) is 14.0. The van der Waals surface area contributed by atoms with Crippen molar-refractivity contribution in [3.63, 3.8) is 0 Å². The molecule has 0 saturated carbocycles.